The van der Waals surface area contributed by atoms with Crippen LogP contribution in [0.2, 0.25) is 5.02 Å². The average molecular weight is 407 g/mol. The van der Waals surface area contributed by atoms with E-state index in [1.54, 1.807) is 12.4 Å². The number of likely N-dealkylation sites (tertiary alicyclic amines) is 1. The third kappa shape index (κ3) is 3.07. The van der Waals surface area contributed by atoms with Gasteiger partial charge < -0.3 is 9.88 Å². The Balaban J connectivity index is 1.54. The van der Waals surface area contributed by atoms with Crippen molar-refractivity contribution >= 4 is 28.5 Å². The molecule has 1 atom stereocenters. The molecular formula is C21H19ClN6O. The van der Waals surface area contributed by atoms with Gasteiger partial charge in [0.15, 0.2) is 0 Å². The van der Waals surface area contributed by atoms with Crippen molar-refractivity contribution in [1.82, 2.24) is 29.9 Å². The maximum Gasteiger partial charge on any atom is 0.256 e. The standard InChI is InChI=1S/C21H19ClN6O/c1-13-7-8-17(28-23-9-10-24-28)14(12-13)21(29)27-11-3-6-18(27)20-25-16-5-2-4-15(22)19(16)26-20/h2,4-5,7-10,12,18H,3,6,11H2,1H3,(H,25,26). The second-order valence-corrected chi connectivity index (χ2v) is 7.66. The summed E-state index contributed by atoms with van der Waals surface area (Å²) in [5.74, 6) is 0.723. The number of halogens is 1. The van der Waals surface area contributed by atoms with E-state index in [0.29, 0.717) is 22.8 Å². The molecular weight excluding hydrogens is 388 g/mol. The zero-order chi connectivity index (χ0) is 20.0. The predicted octanol–water partition coefficient (Wildman–Crippen LogP) is 4.08. The Kier molecular flexibility index (Phi) is 4.32. The molecule has 2 aromatic heterocycles. The first kappa shape index (κ1) is 17.9. The average Bonchev–Trinajstić information content (AvgIpc) is 3.46. The molecule has 1 amide bonds. The van der Waals surface area contributed by atoms with Crippen LogP contribution in [0.3, 0.4) is 0 Å². The van der Waals surface area contributed by atoms with Gasteiger partial charge in [0.1, 0.15) is 11.3 Å². The van der Waals surface area contributed by atoms with Crippen molar-refractivity contribution in [1.29, 1.82) is 0 Å². The van der Waals surface area contributed by atoms with Crippen LogP contribution in [-0.2, 0) is 0 Å². The Morgan fingerprint density at radius 3 is 2.83 bits per heavy atom. The van der Waals surface area contributed by atoms with Gasteiger partial charge in [-0.05, 0) is 44.0 Å². The van der Waals surface area contributed by atoms with Crippen LogP contribution in [-0.4, -0.2) is 42.3 Å². The number of aromatic amines is 1. The van der Waals surface area contributed by atoms with Crippen molar-refractivity contribution in [3.8, 4) is 5.69 Å². The smallest absolute Gasteiger partial charge is 0.256 e. The normalized spacial score (nSPS) is 16.6. The highest BCUT2D eigenvalue weighted by Crippen LogP contribution is 2.34. The molecule has 1 unspecified atom stereocenters. The van der Waals surface area contributed by atoms with Crippen LogP contribution in [0.4, 0.5) is 0 Å². The molecule has 1 fully saturated rings. The largest absolute Gasteiger partial charge is 0.340 e. The number of hydrogen-bond acceptors (Lipinski definition) is 4. The maximum atomic E-state index is 13.6. The molecule has 7 nitrogen and oxygen atoms in total. The van der Waals surface area contributed by atoms with Gasteiger partial charge in [-0.15, -0.1) is 0 Å². The van der Waals surface area contributed by atoms with Gasteiger partial charge in [-0.25, -0.2) is 4.98 Å². The summed E-state index contributed by atoms with van der Waals surface area (Å²) in [6, 6.07) is 11.3. The molecule has 2 aromatic carbocycles. The Morgan fingerprint density at radius 2 is 2.03 bits per heavy atom. The molecule has 1 aliphatic heterocycles. The third-order valence-corrected chi connectivity index (χ3v) is 5.63. The van der Waals surface area contributed by atoms with Crippen LogP contribution < -0.4 is 0 Å². The number of fused-ring (bicyclic) bond motifs is 1. The molecule has 5 rings (SSSR count). The molecule has 0 saturated carbocycles. The lowest BCUT2D eigenvalue weighted by Crippen LogP contribution is -2.32. The third-order valence-electron chi connectivity index (χ3n) is 5.33. The minimum Gasteiger partial charge on any atom is -0.340 e. The van der Waals surface area contributed by atoms with Gasteiger partial charge in [0.05, 0.1) is 40.2 Å². The lowest BCUT2D eigenvalue weighted by Gasteiger charge is -2.24. The lowest BCUT2D eigenvalue weighted by atomic mass is 10.1. The highest BCUT2D eigenvalue weighted by atomic mass is 35.5. The second kappa shape index (κ2) is 7.00. The van der Waals surface area contributed by atoms with Crippen molar-refractivity contribution in [2.24, 2.45) is 0 Å². The topological polar surface area (TPSA) is 79.7 Å². The number of aromatic nitrogens is 5. The zero-order valence-corrected chi connectivity index (χ0v) is 16.6. The number of hydrogen-bond donors (Lipinski definition) is 1. The van der Waals surface area contributed by atoms with Crippen LogP contribution in [0.15, 0.2) is 48.8 Å². The van der Waals surface area contributed by atoms with Crippen LogP contribution >= 0.6 is 11.6 Å². The number of nitrogens with one attached hydrogen (secondary N) is 1. The maximum absolute atomic E-state index is 13.6. The summed E-state index contributed by atoms with van der Waals surface area (Å²) >= 11 is 6.29. The molecule has 4 aromatic rings. The number of aryl methyl sites for hydroxylation is 1. The Labute approximate surface area is 172 Å². The minimum atomic E-state index is -0.120. The van der Waals surface area contributed by atoms with E-state index in [4.69, 9.17) is 16.6 Å². The second-order valence-electron chi connectivity index (χ2n) is 7.25. The first-order valence-electron chi connectivity index (χ1n) is 9.54. The molecule has 0 bridgehead atoms. The van der Waals surface area contributed by atoms with Crippen molar-refractivity contribution in [2.45, 2.75) is 25.8 Å². The van der Waals surface area contributed by atoms with Crippen LogP contribution in [0.25, 0.3) is 16.7 Å². The Bertz CT molecular complexity index is 1200. The number of nitrogens with zero attached hydrogens (tertiary/aromatic N) is 5. The van der Waals surface area contributed by atoms with Crippen LogP contribution in [0.5, 0.6) is 0 Å². The van der Waals surface area contributed by atoms with Gasteiger partial charge >= 0.3 is 0 Å². The number of para-hydroxylation sites is 1. The zero-order valence-electron chi connectivity index (χ0n) is 15.8. The number of carbonyl (C=O) groups excluding carboxylic acids is 1. The fourth-order valence-corrected chi connectivity index (χ4v) is 4.18. The highest BCUT2D eigenvalue weighted by molar-refractivity contribution is 6.34. The molecule has 1 aliphatic rings. The summed E-state index contributed by atoms with van der Waals surface area (Å²) in [6.45, 7) is 2.65. The summed E-state index contributed by atoms with van der Waals surface area (Å²) in [7, 11) is 0. The van der Waals surface area contributed by atoms with Gasteiger partial charge in [-0.3, -0.25) is 4.79 Å². The van der Waals surface area contributed by atoms with Crippen molar-refractivity contribution < 1.29 is 4.79 Å². The number of benzene rings is 2. The summed E-state index contributed by atoms with van der Waals surface area (Å²) in [6.07, 6.45) is 4.97. The monoisotopic (exact) mass is 406 g/mol. The van der Waals surface area contributed by atoms with Crippen LogP contribution in [0, 0.1) is 6.92 Å². The Morgan fingerprint density at radius 1 is 1.21 bits per heavy atom. The van der Waals surface area contributed by atoms with E-state index in [1.807, 2.05) is 48.2 Å². The van der Waals surface area contributed by atoms with Gasteiger partial charge in [-0.1, -0.05) is 29.3 Å². The van der Waals surface area contributed by atoms with E-state index in [2.05, 4.69) is 15.2 Å². The number of rotatable bonds is 3. The minimum absolute atomic E-state index is 0.0462. The predicted molar refractivity (Wildman–Crippen MR) is 110 cm³/mol. The summed E-state index contributed by atoms with van der Waals surface area (Å²) in [5, 5.41) is 9.01. The quantitative estimate of drug-likeness (QED) is 0.555. The summed E-state index contributed by atoms with van der Waals surface area (Å²) < 4.78 is 0. The number of carbonyl (C=O) groups is 1. The summed E-state index contributed by atoms with van der Waals surface area (Å²) in [4.78, 5) is 25.0. The number of amides is 1. The van der Waals surface area contributed by atoms with E-state index in [0.717, 1.165) is 35.3 Å². The van der Waals surface area contributed by atoms with E-state index >= 15 is 0 Å². The van der Waals surface area contributed by atoms with E-state index in [-0.39, 0.29) is 11.9 Å². The number of imidazole rings is 1. The molecule has 0 radical (unpaired) electrons. The lowest BCUT2D eigenvalue weighted by molar-refractivity contribution is 0.0730. The molecule has 3 heterocycles. The van der Waals surface area contributed by atoms with E-state index < -0.39 is 0 Å². The first-order chi connectivity index (χ1) is 14.1. The molecule has 146 valence electrons. The highest BCUT2D eigenvalue weighted by Gasteiger charge is 2.34. The fourth-order valence-electron chi connectivity index (χ4n) is 3.96. The molecule has 8 heteroatoms. The van der Waals surface area contributed by atoms with E-state index in [1.165, 1.54) is 4.80 Å². The molecule has 1 saturated heterocycles. The number of H-pyrrole nitrogens is 1. The van der Waals surface area contributed by atoms with E-state index in [9.17, 15) is 4.79 Å². The molecule has 29 heavy (non-hydrogen) atoms. The van der Waals surface area contributed by atoms with Gasteiger partial charge in [0.2, 0.25) is 0 Å². The molecule has 1 N–H and O–H groups in total. The Hall–Kier alpha value is -3.19. The SMILES string of the molecule is Cc1ccc(-n2nccn2)c(C(=O)N2CCCC2c2nc3c(Cl)cccc3[nH]2)c1. The van der Waals surface area contributed by atoms with Crippen molar-refractivity contribution in [3.63, 3.8) is 0 Å². The van der Waals surface area contributed by atoms with Gasteiger partial charge in [0.25, 0.3) is 5.91 Å². The summed E-state index contributed by atoms with van der Waals surface area (Å²) in [5.41, 5.74) is 3.88. The molecule has 0 aliphatic carbocycles. The van der Waals surface area contributed by atoms with Gasteiger partial charge in [-0.2, -0.15) is 15.0 Å². The fraction of sp³-hybridized carbons (Fsp3) is 0.238. The van der Waals surface area contributed by atoms with Crippen molar-refractivity contribution in [2.75, 3.05) is 6.54 Å². The van der Waals surface area contributed by atoms with Crippen LogP contribution in [0.1, 0.15) is 40.6 Å². The van der Waals surface area contributed by atoms with Gasteiger partial charge in [0, 0.05) is 6.54 Å². The van der Waals surface area contributed by atoms with Crippen molar-refractivity contribution in [3.05, 3.63) is 70.8 Å². The molecule has 0 spiro atoms. The first-order valence-corrected chi connectivity index (χ1v) is 9.92.